The van der Waals surface area contributed by atoms with E-state index in [0.717, 1.165) is 17.9 Å². The van der Waals surface area contributed by atoms with E-state index in [4.69, 9.17) is 4.52 Å². The Labute approximate surface area is 80.3 Å². The summed E-state index contributed by atoms with van der Waals surface area (Å²) in [5.74, 6) is 0.974. The molecule has 13 heavy (non-hydrogen) atoms. The van der Waals surface area contributed by atoms with Crippen LogP contribution in [0.1, 0.15) is 44.2 Å². The van der Waals surface area contributed by atoms with Gasteiger partial charge in [-0.2, -0.15) is 0 Å². The van der Waals surface area contributed by atoms with Gasteiger partial charge in [-0.25, -0.2) is 0 Å². The van der Waals surface area contributed by atoms with Crippen LogP contribution in [-0.4, -0.2) is 5.16 Å². The normalized spacial score (nSPS) is 12.1. The highest BCUT2D eigenvalue weighted by Gasteiger charge is 2.14. The molecule has 0 atom stereocenters. The highest BCUT2D eigenvalue weighted by atomic mass is 16.5. The first-order chi connectivity index (χ1) is 5.90. The summed E-state index contributed by atoms with van der Waals surface area (Å²) in [4.78, 5) is 0. The molecular weight excluding hydrogens is 162 g/mol. The lowest BCUT2D eigenvalue weighted by Gasteiger charge is -2.17. The van der Waals surface area contributed by atoms with Crippen LogP contribution in [0.25, 0.3) is 0 Å². The molecule has 0 aliphatic carbocycles. The maximum atomic E-state index is 5.11. The number of aromatic nitrogens is 1. The fourth-order valence-electron chi connectivity index (χ4n) is 1.36. The van der Waals surface area contributed by atoms with Gasteiger partial charge in [0.2, 0.25) is 0 Å². The van der Waals surface area contributed by atoms with Crippen molar-refractivity contribution in [3.8, 4) is 0 Å². The summed E-state index contributed by atoms with van der Waals surface area (Å²) in [5.41, 5.74) is 2.72. The predicted octanol–water partition coefficient (Wildman–Crippen LogP) is 3.27. The zero-order valence-electron chi connectivity index (χ0n) is 9.27. The van der Waals surface area contributed by atoms with Crippen LogP contribution in [0.3, 0.4) is 0 Å². The second kappa shape index (κ2) is 3.52. The summed E-state index contributed by atoms with van der Waals surface area (Å²) in [6, 6.07) is 0. The maximum absolute atomic E-state index is 5.11. The Balaban J connectivity index is 2.64. The van der Waals surface area contributed by atoms with E-state index in [-0.39, 0.29) is 0 Å². The lowest BCUT2D eigenvalue weighted by molar-refractivity contribution is 0.373. The molecule has 0 unspecified atom stereocenters. The molecule has 0 aliphatic heterocycles. The Morgan fingerprint density at radius 3 is 2.23 bits per heavy atom. The van der Waals surface area contributed by atoms with Gasteiger partial charge in [0.05, 0.1) is 5.69 Å². The minimum atomic E-state index is 0.385. The maximum Gasteiger partial charge on any atom is 0.137 e. The van der Waals surface area contributed by atoms with E-state index in [0.29, 0.717) is 5.41 Å². The molecule has 0 amide bonds. The Morgan fingerprint density at radius 2 is 1.85 bits per heavy atom. The molecule has 0 spiro atoms. The third-order valence-corrected chi connectivity index (χ3v) is 2.31. The lowest BCUT2D eigenvalue weighted by atomic mass is 9.88. The molecule has 0 saturated heterocycles. The molecule has 0 radical (unpaired) electrons. The van der Waals surface area contributed by atoms with Gasteiger partial charge < -0.3 is 4.52 Å². The highest BCUT2D eigenvalue weighted by Crippen LogP contribution is 2.23. The van der Waals surface area contributed by atoms with Gasteiger partial charge in [-0.1, -0.05) is 25.9 Å². The Bertz CT molecular complexity index is 261. The SMILES string of the molecule is Cc1noc(C)c1CCC(C)(C)C. The van der Waals surface area contributed by atoms with E-state index in [1.807, 2.05) is 13.8 Å². The van der Waals surface area contributed by atoms with E-state index in [1.165, 1.54) is 12.0 Å². The molecule has 2 nitrogen and oxygen atoms in total. The molecule has 1 aromatic rings. The average Bonchev–Trinajstić information content (AvgIpc) is 2.27. The third-order valence-electron chi connectivity index (χ3n) is 2.31. The van der Waals surface area contributed by atoms with Crippen molar-refractivity contribution in [3.05, 3.63) is 17.0 Å². The summed E-state index contributed by atoms with van der Waals surface area (Å²) in [6.45, 7) is 10.8. The van der Waals surface area contributed by atoms with Crippen LogP contribution in [-0.2, 0) is 6.42 Å². The first-order valence-corrected chi connectivity index (χ1v) is 4.82. The lowest BCUT2D eigenvalue weighted by Crippen LogP contribution is -2.06. The molecule has 2 heteroatoms. The fourth-order valence-corrected chi connectivity index (χ4v) is 1.36. The number of aryl methyl sites for hydroxylation is 2. The van der Waals surface area contributed by atoms with Crippen LogP contribution in [0.4, 0.5) is 0 Å². The van der Waals surface area contributed by atoms with Gasteiger partial charge in [0.25, 0.3) is 0 Å². The van der Waals surface area contributed by atoms with Crippen LogP contribution in [0, 0.1) is 19.3 Å². The molecule has 0 N–H and O–H groups in total. The van der Waals surface area contributed by atoms with Gasteiger partial charge in [0.1, 0.15) is 5.76 Å². The number of rotatable bonds is 2. The van der Waals surface area contributed by atoms with Crippen molar-refractivity contribution >= 4 is 0 Å². The van der Waals surface area contributed by atoms with E-state index >= 15 is 0 Å². The minimum absolute atomic E-state index is 0.385. The third kappa shape index (κ3) is 2.87. The van der Waals surface area contributed by atoms with E-state index < -0.39 is 0 Å². The van der Waals surface area contributed by atoms with Crippen molar-refractivity contribution in [1.82, 2.24) is 5.16 Å². The average molecular weight is 181 g/mol. The summed E-state index contributed by atoms with van der Waals surface area (Å²) in [7, 11) is 0. The molecule has 0 aliphatic rings. The Morgan fingerprint density at radius 1 is 1.23 bits per heavy atom. The van der Waals surface area contributed by atoms with E-state index in [2.05, 4.69) is 25.9 Å². The summed E-state index contributed by atoms with van der Waals surface area (Å²) in [6.07, 6.45) is 2.25. The molecular formula is C11H19NO. The number of hydrogen-bond acceptors (Lipinski definition) is 2. The summed E-state index contributed by atoms with van der Waals surface area (Å²) in [5, 5.41) is 3.94. The molecule has 0 saturated carbocycles. The fraction of sp³-hybridized carbons (Fsp3) is 0.727. The minimum Gasteiger partial charge on any atom is -0.361 e. The van der Waals surface area contributed by atoms with Gasteiger partial charge >= 0.3 is 0 Å². The van der Waals surface area contributed by atoms with Gasteiger partial charge in [0.15, 0.2) is 0 Å². The topological polar surface area (TPSA) is 26.0 Å². The predicted molar refractivity (Wildman–Crippen MR) is 53.8 cm³/mol. The molecule has 1 heterocycles. The van der Waals surface area contributed by atoms with E-state index in [9.17, 15) is 0 Å². The van der Waals surface area contributed by atoms with Crippen LogP contribution < -0.4 is 0 Å². The Kier molecular flexibility index (Phi) is 2.79. The van der Waals surface area contributed by atoms with Crippen molar-refractivity contribution in [2.24, 2.45) is 5.41 Å². The van der Waals surface area contributed by atoms with Gasteiger partial charge in [-0.05, 0) is 32.1 Å². The Hall–Kier alpha value is -0.790. The van der Waals surface area contributed by atoms with Crippen molar-refractivity contribution in [2.45, 2.75) is 47.5 Å². The van der Waals surface area contributed by atoms with Crippen molar-refractivity contribution in [2.75, 3.05) is 0 Å². The van der Waals surface area contributed by atoms with Crippen molar-refractivity contribution < 1.29 is 4.52 Å². The molecule has 1 aromatic heterocycles. The monoisotopic (exact) mass is 181 g/mol. The van der Waals surface area contributed by atoms with Crippen LogP contribution in [0.5, 0.6) is 0 Å². The second-order valence-corrected chi connectivity index (χ2v) is 4.86. The molecule has 0 bridgehead atoms. The van der Waals surface area contributed by atoms with Crippen molar-refractivity contribution in [3.63, 3.8) is 0 Å². The van der Waals surface area contributed by atoms with Gasteiger partial charge in [-0.15, -0.1) is 0 Å². The molecule has 74 valence electrons. The standard InChI is InChI=1S/C11H19NO/c1-8-10(9(2)13-12-8)6-7-11(3,4)5/h6-7H2,1-5H3. The summed E-state index contributed by atoms with van der Waals surface area (Å²) < 4.78 is 5.11. The number of nitrogens with zero attached hydrogens (tertiary/aromatic N) is 1. The van der Waals surface area contributed by atoms with Crippen molar-refractivity contribution in [1.29, 1.82) is 0 Å². The second-order valence-electron chi connectivity index (χ2n) is 4.86. The zero-order chi connectivity index (χ0) is 10.1. The molecule has 1 rings (SSSR count). The van der Waals surface area contributed by atoms with Gasteiger partial charge in [-0.3, -0.25) is 0 Å². The largest absolute Gasteiger partial charge is 0.361 e. The van der Waals surface area contributed by atoms with Crippen LogP contribution in [0.15, 0.2) is 4.52 Å². The zero-order valence-corrected chi connectivity index (χ0v) is 9.27. The molecule has 0 fully saturated rings. The quantitative estimate of drug-likeness (QED) is 0.699. The van der Waals surface area contributed by atoms with Crippen LogP contribution in [0.2, 0.25) is 0 Å². The van der Waals surface area contributed by atoms with E-state index in [1.54, 1.807) is 0 Å². The number of hydrogen-bond donors (Lipinski definition) is 0. The molecule has 0 aromatic carbocycles. The first kappa shape index (κ1) is 10.3. The summed E-state index contributed by atoms with van der Waals surface area (Å²) >= 11 is 0. The van der Waals surface area contributed by atoms with Crippen LogP contribution >= 0.6 is 0 Å². The van der Waals surface area contributed by atoms with Gasteiger partial charge in [0, 0.05) is 5.56 Å². The first-order valence-electron chi connectivity index (χ1n) is 4.82. The smallest absolute Gasteiger partial charge is 0.137 e. The highest BCUT2D eigenvalue weighted by molar-refractivity contribution is 5.20.